The number of aromatic nitrogens is 2. The molecule has 2 aromatic heterocycles. The predicted molar refractivity (Wildman–Crippen MR) is 91.4 cm³/mol. The van der Waals surface area contributed by atoms with Gasteiger partial charge in [0.15, 0.2) is 0 Å². The highest BCUT2D eigenvalue weighted by atomic mass is 16.5. The Hall–Kier alpha value is -3.09. The molecule has 24 heavy (non-hydrogen) atoms. The second-order valence-electron chi connectivity index (χ2n) is 5.56. The van der Waals surface area contributed by atoms with Crippen molar-refractivity contribution in [3.8, 4) is 0 Å². The first kappa shape index (κ1) is 15.8. The van der Waals surface area contributed by atoms with Gasteiger partial charge in [-0.3, -0.25) is 4.79 Å². The van der Waals surface area contributed by atoms with Gasteiger partial charge in [0.2, 0.25) is 0 Å². The van der Waals surface area contributed by atoms with Gasteiger partial charge in [0.1, 0.15) is 5.82 Å². The highest BCUT2D eigenvalue weighted by Gasteiger charge is 2.27. The van der Waals surface area contributed by atoms with Crippen molar-refractivity contribution in [3.05, 3.63) is 40.3 Å². The summed E-state index contributed by atoms with van der Waals surface area (Å²) in [6.07, 6.45) is 3.19. The molecular formula is C17H18N4O3. The molecular weight excluding hydrogens is 308 g/mol. The summed E-state index contributed by atoms with van der Waals surface area (Å²) in [5.74, 6) is -0.157. The van der Waals surface area contributed by atoms with E-state index in [1.165, 1.54) is 6.20 Å². The second-order valence-corrected chi connectivity index (χ2v) is 5.56. The number of amides is 1. The summed E-state index contributed by atoms with van der Waals surface area (Å²) in [5.41, 5.74) is 9.93. The number of H-pyrrole nitrogens is 1. The molecule has 0 bridgehead atoms. The average Bonchev–Trinajstić information content (AvgIpc) is 2.97. The number of esters is 1. The van der Waals surface area contributed by atoms with E-state index in [9.17, 15) is 9.59 Å². The summed E-state index contributed by atoms with van der Waals surface area (Å²) in [4.78, 5) is 31.5. The van der Waals surface area contributed by atoms with Crippen LogP contribution < -0.4 is 11.1 Å². The number of carbonyl (C=O) groups excluding carboxylic acids is 2. The standard InChI is InChI=1S/C17H18N4O3/c1-4-24-17(23)14-8(2)13(20-9(14)3)6-12-11-5-10(18)7-19-15(11)21-16(12)22/h5-7,20H,4,18H2,1-3H3,(H,19,21,22). The van der Waals surface area contributed by atoms with Gasteiger partial charge >= 0.3 is 5.97 Å². The number of nitrogen functional groups attached to an aromatic ring is 1. The Labute approximate surface area is 138 Å². The summed E-state index contributed by atoms with van der Waals surface area (Å²) in [5, 5.41) is 2.70. The van der Waals surface area contributed by atoms with Crippen molar-refractivity contribution < 1.29 is 14.3 Å². The lowest BCUT2D eigenvalue weighted by molar-refractivity contribution is -0.110. The van der Waals surface area contributed by atoms with E-state index < -0.39 is 0 Å². The van der Waals surface area contributed by atoms with E-state index in [0.29, 0.717) is 46.2 Å². The van der Waals surface area contributed by atoms with Crippen LogP contribution in [0.15, 0.2) is 12.3 Å². The maximum absolute atomic E-state index is 12.2. The van der Waals surface area contributed by atoms with Gasteiger partial charge in [-0.1, -0.05) is 0 Å². The molecule has 1 aliphatic rings. The lowest BCUT2D eigenvalue weighted by Gasteiger charge is -2.02. The Morgan fingerprint density at radius 1 is 1.42 bits per heavy atom. The van der Waals surface area contributed by atoms with Crippen LogP contribution in [0, 0.1) is 13.8 Å². The van der Waals surface area contributed by atoms with Crippen LogP contribution in [0.4, 0.5) is 11.5 Å². The van der Waals surface area contributed by atoms with Crippen molar-refractivity contribution >= 4 is 35.0 Å². The Morgan fingerprint density at radius 3 is 2.88 bits per heavy atom. The summed E-state index contributed by atoms with van der Waals surface area (Å²) in [6, 6.07) is 1.70. The number of nitrogens with two attached hydrogens (primary N) is 1. The van der Waals surface area contributed by atoms with Crippen LogP contribution in [0.5, 0.6) is 0 Å². The minimum Gasteiger partial charge on any atom is -0.462 e. The second kappa shape index (κ2) is 5.84. The average molecular weight is 326 g/mol. The number of carbonyl (C=O) groups is 2. The fourth-order valence-electron chi connectivity index (χ4n) is 2.80. The van der Waals surface area contributed by atoms with Gasteiger partial charge < -0.3 is 20.8 Å². The highest BCUT2D eigenvalue weighted by molar-refractivity contribution is 6.34. The van der Waals surface area contributed by atoms with E-state index in [-0.39, 0.29) is 11.9 Å². The van der Waals surface area contributed by atoms with Crippen LogP contribution in [0.1, 0.15) is 39.8 Å². The number of hydrogen-bond acceptors (Lipinski definition) is 5. The van der Waals surface area contributed by atoms with Crippen molar-refractivity contribution in [1.82, 2.24) is 9.97 Å². The molecule has 0 aliphatic carbocycles. The number of anilines is 2. The molecule has 7 heteroatoms. The zero-order chi connectivity index (χ0) is 17.4. The van der Waals surface area contributed by atoms with Crippen LogP contribution in [0.2, 0.25) is 0 Å². The molecule has 0 saturated carbocycles. The molecule has 3 rings (SSSR count). The van der Waals surface area contributed by atoms with E-state index in [4.69, 9.17) is 10.5 Å². The van der Waals surface area contributed by atoms with Crippen molar-refractivity contribution in [3.63, 3.8) is 0 Å². The molecule has 7 nitrogen and oxygen atoms in total. The van der Waals surface area contributed by atoms with Gasteiger partial charge in [0.25, 0.3) is 5.91 Å². The van der Waals surface area contributed by atoms with Crippen LogP contribution in [0.3, 0.4) is 0 Å². The fourth-order valence-corrected chi connectivity index (χ4v) is 2.80. The molecule has 0 saturated heterocycles. The molecule has 1 aliphatic heterocycles. The van der Waals surface area contributed by atoms with Crippen LogP contribution in [0.25, 0.3) is 11.6 Å². The molecule has 0 fully saturated rings. The molecule has 124 valence electrons. The largest absolute Gasteiger partial charge is 0.462 e. The molecule has 0 radical (unpaired) electrons. The predicted octanol–water partition coefficient (Wildman–Crippen LogP) is 2.28. The Bertz CT molecular complexity index is 880. The van der Waals surface area contributed by atoms with Crippen molar-refractivity contribution in [2.75, 3.05) is 17.7 Å². The lowest BCUT2D eigenvalue weighted by Crippen LogP contribution is -2.06. The van der Waals surface area contributed by atoms with Gasteiger partial charge in [-0.2, -0.15) is 0 Å². The number of rotatable bonds is 3. The number of nitrogens with one attached hydrogen (secondary N) is 2. The summed E-state index contributed by atoms with van der Waals surface area (Å²) in [7, 11) is 0. The first-order valence-electron chi connectivity index (χ1n) is 7.57. The third-order valence-electron chi connectivity index (χ3n) is 3.92. The number of pyridine rings is 1. The maximum atomic E-state index is 12.2. The normalized spacial score (nSPS) is 14.6. The van der Waals surface area contributed by atoms with Crippen molar-refractivity contribution in [2.24, 2.45) is 0 Å². The van der Waals surface area contributed by atoms with Gasteiger partial charge in [-0.25, -0.2) is 9.78 Å². The molecule has 2 aromatic rings. The number of fused-ring (bicyclic) bond motifs is 1. The van der Waals surface area contributed by atoms with Gasteiger partial charge in [0, 0.05) is 17.0 Å². The highest BCUT2D eigenvalue weighted by Crippen LogP contribution is 2.33. The molecule has 1 amide bonds. The third kappa shape index (κ3) is 2.54. The first-order valence-corrected chi connectivity index (χ1v) is 7.57. The Morgan fingerprint density at radius 2 is 2.17 bits per heavy atom. The minimum absolute atomic E-state index is 0.257. The van der Waals surface area contributed by atoms with Crippen LogP contribution in [-0.4, -0.2) is 28.5 Å². The molecule has 4 N–H and O–H groups in total. The fraction of sp³-hybridized carbons (Fsp3) is 0.235. The monoisotopic (exact) mass is 326 g/mol. The van der Waals surface area contributed by atoms with Gasteiger partial charge in [0.05, 0.1) is 29.6 Å². The zero-order valence-corrected chi connectivity index (χ0v) is 13.7. The van der Waals surface area contributed by atoms with Gasteiger partial charge in [-0.05, 0) is 38.5 Å². The van der Waals surface area contributed by atoms with Gasteiger partial charge in [-0.15, -0.1) is 0 Å². The molecule has 0 atom stereocenters. The first-order chi connectivity index (χ1) is 11.4. The third-order valence-corrected chi connectivity index (χ3v) is 3.92. The topological polar surface area (TPSA) is 110 Å². The molecule has 0 spiro atoms. The molecule has 3 heterocycles. The van der Waals surface area contributed by atoms with E-state index in [2.05, 4.69) is 15.3 Å². The Balaban J connectivity index is 2.08. The number of nitrogens with zero attached hydrogens (tertiary/aromatic N) is 1. The molecule has 0 unspecified atom stereocenters. The van der Waals surface area contributed by atoms with E-state index in [0.717, 1.165) is 5.56 Å². The minimum atomic E-state index is -0.379. The zero-order valence-electron chi connectivity index (χ0n) is 13.7. The number of hydrogen-bond donors (Lipinski definition) is 3. The summed E-state index contributed by atoms with van der Waals surface area (Å²) < 4.78 is 5.08. The SMILES string of the molecule is CCOC(=O)c1c(C)[nH]c(C=C2C(=O)Nc3ncc(N)cc32)c1C. The van der Waals surface area contributed by atoms with E-state index >= 15 is 0 Å². The summed E-state index contributed by atoms with van der Waals surface area (Å²) >= 11 is 0. The quantitative estimate of drug-likeness (QED) is 0.592. The van der Waals surface area contributed by atoms with Crippen molar-refractivity contribution in [1.29, 1.82) is 0 Å². The van der Waals surface area contributed by atoms with E-state index in [1.54, 1.807) is 26.0 Å². The van der Waals surface area contributed by atoms with Crippen LogP contribution >= 0.6 is 0 Å². The molecule has 0 aromatic carbocycles. The number of aryl methyl sites for hydroxylation is 1. The van der Waals surface area contributed by atoms with E-state index in [1.807, 2.05) is 6.92 Å². The number of ether oxygens (including phenoxy) is 1. The lowest BCUT2D eigenvalue weighted by atomic mass is 10.1. The van der Waals surface area contributed by atoms with Crippen molar-refractivity contribution in [2.45, 2.75) is 20.8 Å². The summed E-state index contributed by atoms with van der Waals surface area (Å²) in [6.45, 7) is 5.67. The smallest absolute Gasteiger partial charge is 0.340 e. The maximum Gasteiger partial charge on any atom is 0.340 e. The number of aromatic amines is 1. The van der Waals surface area contributed by atoms with Crippen LogP contribution in [-0.2, 0) is 9.53 Å². The Kier molecular flexibility index (Phi) is 3.84.